The van der Waals surface area contributed by atoms with Crippen LogP contribution in [0.1, 0.15) is 46.5 Å². The molecule has 2 heterocycles. The summed E-state index contributed by atoms with van der Waals surface area (Å²) in [5, 5.41) is 5.01. The Kier molecular flexibility index (Phi) is 6.42. The van der Waals surface area contributed by atoms with Crippen LogP contribution in [0.3, 0.4) is 0 Å². The maximum Gasteiger partial charge on any atom is 0.338 e. The predicted molar refractivity (Wildman–Crippen MR) is 103 cm³/mol. The summed E-state index contributed by atoms with van der Waals surface area (Å²) in [6, 6.07) is -2.26. The minimum atomic E-state index is -1.09. The lowest BCUT2D eigenvalue weighted by Gasteiger charge is -2.27. The van der Waals surface area contributed by atoms with Gasteiger partial charge in [-0.15, -0.1) is 0 Å². The lowest BCUT2D eigenvalue weighted by Crippen LogP contribution is -2.50. The van der Waals surface area contributed by atoms with Gasteiger partial charge >= 0.3 is 18.0 Å². The third-order valence-electron chi connectivity index (χ3n) is 5.83. The molecule has 0 bridgehead atoms. The smallest absolute Gasteiger partial charge is 0.338 e. The van der Waals surface area contributed by atoms with Crippen LogP contribution in [0.2, 0.25) is 0 Å². The number of ether oxygens (including phenoxy) is 2. The number of amides is 4. The summed E-state index contributed by atoms with van der Waals surface area (Å²) in [6.45, 7) is 4.46. The van der Waals surface area contributed by atoms with E-state index < -0.39 is 36.7 Å². The van der Waals surface area contributed by atoms with Gasteiger partial charge in [0.15, 0.2) is 0 Å². The van der Waals surface area contributed by atoms with Gasteiger partial charge in [0.1, 0.15) is 12.6 Å². The zero-order valence-corrected chi connectivity index (χ0v) is 17.4. The fourth-order valence-electron chi connectivity index (χ4n) is 4.33. The number of nitrogens with zero attached hydrogens (tertiary/aromatic N) is 1. The van der Waals surface area contributed by atoms with Crippen LogP contribution in [-0.2, 0) is 28.7 Å². The number of likely N-dealkylation sites (tertiary alicyclic amines) is 1. The second kappa shape index (κ2) is 8.85. The van der Waals surface area contributed by atoms with Crippen molar-refractivity contribution in [2.24, 2.45) is 11.8 Å². The molecule has 4 atom stereocenters. The van der Waals surface area contributed by atoms with E-state index in [4.69, 9.17) is 9.47 Å². The van der Waals surface area contributed by atoms with Crippen molar-refractivity contribution in [2.75, 3.05) is 13.2 Å². The minimum Gasteiger partial charge on any atom is -0.463 e. The third-order valence-corrected chi connectivity index (χ3v) is 5.83. The first kappa shape index (κ1) is 21.8. The number of esters is 2. The number of hydrogen-bond acceptors (Lipinski definition) is 7. The van der Waals surface area contributed by atoms with Crippen molar-refractivity contribution in [3.8, 4) is 0 Å². The van der Waals surface area contributed by atoms with Gasteiger partial charge < -0.3 is 20.1 Å². The van der Waals surface area contributed by atoms with Gasteiger partial charge in [-0.1, -0.05) is 12.8 Å². The Morgan fingerprint density at radius 3 is 2.27 bits per heavy atom. The number of hydrogen-bond donors (Lipinski definition) is 2. The Hall–Kier alpha value is -2.91. The van der Waals surface area contributed by atoms with E-state index in [1.807, 2.05) is 0 Å². The van der Waals surface area contributed by atoms with E-state index in [1.165, 1.54) is 6.92 Å². The number of urea groups is 1. The summed E-state index contributed by atoms with van der Waals surface area (Å²) in [4.78, 5) is 62.9. The number of nitrogens with one attached hydrogen (secondary N) is 2. The highest BCUT2D eigenvalue weighted by atomic mass is 16.5. The maximum absolute atomic E-state index is 12.7. The lowest BCUT2D eigenvalue weighted by atomic mass is 9.81. The van der Waals surface area contributed by atoms with E-state index in [9.17, 15) is 24.0 Å². The summed E-state index contributed by atoms with van der Waals surface area (Å²) in [5.74, 6) is -2.79. The molecule has 1 aliphatic carbocycles. The number of fused-ring (bicyclic) bond motifs is 1. The molecular weight excluding hydrogens is 394 g/mol. The van der Waals surface area contributed by atoms with Gasteiger partial charge in [0.25, 0.3) is 0 Å². The standard InChI is InChI=1S/C20H27N3O7/c1-4-29-19(27)15-10(2)21-20(28)22-14(15)9-30-18(26)11(3)23-16(24)12-7-5-6-8-13(12)17(23)25/h10-13H,4-9H2,1-3H3,(H2,21,22,28)/t10-,11+,12+,13+/m1/s1. The molecule has 3 aliphatic rings. The highest BCUT2D eigenvalue weighted by Gasteiger charge is 2.51. The average Bonchev–Trinajstić information content (AvgIpc) is 2.96. The van der Waals surface area contributed by atoms with Gasteiger partial charge in [-0.2, -0.15) is 0 Å². The van der Waals surface area contributed by atoms with Gasteiger partial charge in [-0.3, -0.25) is 14.5 Å². The number of imide groups is 1. The van der Waals surface area contributed by atoms with E-state index in [0.717, 1.165) is 17.7 Å². The largest absolute Gasteiger partial charge is 0.463 e. The molecule has 0 radical (unpaired) electrons. The van der Waals surface area contributed by atoms with Crippen LogP contribution in [0.4, 0.5) is 4.79 Å². The highest BCUT2D eigenvalue weighted by Crippen LogP contribution is 2.38. The van der Waals surface area contributed by atoms with Crippen molar-refractivity contribution in [1.29, 1.82) is 0 Å². The summed E-state index contributed by atoms with van der Waals surface area (Å²) < 4.78 is 10.3. The molecule has 2 aliphatic heterocycles. The number of rotatable bonds is 6. The molecular formula is C20H27N3O7. The van der Waals surface area contributed by atoms with E-state index in [-0.39, 0.29) is 41.5 Å². The maximum atomic E-state index is 12.7. The van der Waals surface area contributed by atoms with Crippen molar-refractivity contribution >= 4 is 29.8 Å². The SMILES string of the molecule is CCOC(=O)C1=C(COC(=O)[C@H](C)N2C(=O)[C@H]3CCCC[C@@H]3C2=O)NC(=O)N[C@@H]1C. The Labute approximate surface area is 174 Å². The van der Waals surface area contributed by atoms with Gasteiger partial charge in [0.05, 0.1) is 35.8 Å². The molecule has 2 N–H and O–H groups in total. The fraction of sp³-hybridized carbons (Fsp3) is 0.650. The Morgan fingerprint density at radius 1 is 1.10 bits per heavy atom. The van der Waals surface area contributed by atoms with E-state index >= 15 is 0 Å². The molecule has 30 heavy (non-hydrogen) atoms. The molecule has 0 aromatic rings. The zero-order valence-electron chi connectivity index (χ0n) is 17.4. The highest BCUT2D eigenvalue weighted by molar-refractivity contribution is 6.07. The molecule has 0 spiro atoms. The van der Waals surface area contributed by atoms with Crippen LogP contribution in [0.25, 0.3) is 0 Å². The van der Waals surface area contributed by atoms with Gasteiger partial charge in [0, 0.05) is 0 Å². The van der Waals surface area contributed by atoms with Crippen molar-refractivity contribution < 1.29 is 33.4 Å². The van der Waals surface area contributed by atoms with E-state index in [0.29, 0.717) is 12.8 Å². The second-order valence-electron chi connectivity index (χ2n) is 7.76. The van der Waals surface area contributed by atoms with Crippen molar-refractivity contribution in [3.05, 3.63) is 11.3 Å². The van der Waals surface area contributed by atoms with Crippen LogP contribution in [0, 0.1) is 11.8 Å². The molecule has 2 fully saturated rings. The zero-order chi connectivity index (χ0) is 22.0. The Bertz CT molecular complexity index is 782. The molecule has 1 saturated heterocycles. The molecule has 4 amide bonds. The molecule has 3 rings (SSSR count). The Morgan fingerprint density at radius 2 is 1.70 bits per heavy atom. The summed E-state index contributed by atoms with van der Waals surface area (Å²) in [5.41, 5.74) is 0.259. The molecule has 0 aromatic carbocycles. The van der Waals surface area contributed by atoms with Crippen LogP contribution >= 0.6 is 0 Å². The van der Waals surface area contributed by atoms with Crippen molar-refractivity contribution in [3.63, 3.8) is 0 Å². The topological polar surface area (TPSA) is 131 Å². The number of carbonyl (C=O) groups is 5. The molecule has 10 heteroatoms. The normalized spacial score (nSPS) is 27.2. The van der Waals surface area contributed by atoms with Gasteiger partial charge in [-0.05, 0) is 33.6 Å². The summed E-state index contributed by atoms with van der Waals surface area (Å²) in [7, 11) is 0. The first-order valence-electron chi connectivity index (χ1n) is 10.3. The van der Waals surface area contributed by atoms with Gasteiger partial charge in [-0.25, -0.2) is 14.4 Å². The predicted octanol–water partition coefficient (Wildman–Crippen LogP) is 0.612. The molecule has 0 aromatic heterocycles. The van der Waals surface area contributed by atoms with Gasteiger partial charge in [0.2, 0.25) is 11.8 Å². The van der Waals surface area contributed by atoms with Crippen molar-refractivity contribution in [2.45, 2.75) is 58.5 Å². The van der Waals surface area contributed by atoms with Crippen LogP contribution in [0.5, 0.6) is 0 Å². The van der Waals surface area contributed by atoms with E-state index in [1.54, 1.807) is 13.8 Å². The summed E-state index contributed by atoms with van der Waals surface area (Å²) >= 11 is 0. The van der Waals surface area contributed by atoms with Crippen LogP contribution < -0.4 is 10.6 Å². The first-order chi connectivity index (χ1) is 14.3. The van der Waals surface area contributed by atoms with Crippen LogP contribution in [0.15, 0.2) is 11.3 Å². The molecule has 10 nitrogen and oxygen atoms in total. The monoisotopic (exact) mass is 421 g/mol. The third kappa shape index (κ3) is 4.03. The minimum absolute atomic E-state index is 0.109. The molecule has 1 saturated carbocycles. The van der Waals surface area contributed by atoms with E-state index in [2.05, 4.69) is 10.6 Å². The van der Waals surface area contributed by atoms with Crippen molar-refractivity contribution in [1.82, 2.24) is 15.5 Å². The summed E-state index contributed by atoms with van der Waals surface area (Å²) in [6.07, 6.45) is 3.09. The van der Waals surface area contributed by atoms with Crippen LogP contribution in [-0.4, -0.2) is 60.0 Å². The average molecular weight is 421 g/mol. The first-order valence-corrected chi connectivity index (χ1v) is 10.3. The Balaban J connectivity index is 1.71. The fourth-order valence-corrected chi connectivity index (χ4v) is 4.33. The quantitative estimate of drug-likeness (QED) is 0.474. The number of carbonyl (C=O) groups excluding carboxylic acids is 5. The lowest BCUT2D eigenvalue weighted by molar-refractivity contribution is -0.157. The molecule has 164 valence electrons. The second-order valence-corrected chi connectivity index (χ2v) is 7.76. The molecule has 0 unspecified atom stereocenters.